The number of aliphatic hydroxyl groups is 2. The van der Waals surface area contributed by atoms with Crippen molar-refractivity contribution in [3.05, 3.63) is 127 Å². The number of ether oxygens (including phenoxy) is 2. The topological polar surface area (TPSA) is 134 Å². The number of esters is 2. The van der Waals surface area contributed by atoms with Crippen LogP contribution in [0.15, 0.2) is 120 Å². The lowest BCUT2D eigenvalue weighted by molar-refractivity contribution is -0.153. The molecule has 0 saturated heterocycles. The molecule has 3 heterocycles. The Morgan fingerprint density at radius 2 is 1.43 bits per heavy atom. The van der Waals surface area contributed by atoms with Crippen LogP contribution in [0.2, 0.25) is 0 Å². The van der Waals surface area contributed by atoms with Gasteiger partial charge in [0.15, 0.2) is 0 Å². The Hall–Kier alpha value is -4.60. The van der Waals surface area contributed by atoms with E-state index in [1.807, 2.05) is 90.2 Å². The fourth-order valence-electron chi connectivity index (χ4n) is 6.35. The zero-order chi connectivity index (χ0) is 39.3. The number of nitrogens with zero attached hydrogens (tertiary/aromatic N) is 2. The van der Waals surface area contributed by atoms with Crippen LogP contribution in [0.25, 0.3) is 0 Å². The summed E-state index contributed by atoms with van der Waals surface area (Å²) in [5, 5.41) is 21.8. The Labute approximate surface area is 321 Å². The summed E-state index contributed by atoms with van der Waals surface area (Å²) in [6.45, 7) is 13.4. The fraction of sp³-hybridized carbons (Fsp3) is 0.467. The first-order chi connectivity index (χ1) is 25.8. The van der Waals surface area contributed by atoms with Crippen LogP contribution in [0.4, 0.5) is 0 Å². The summed E-state index contributed by atoms with van der Waals surface area (Å²) in [6.07, 6.45) is 34.4. The molecule has 1 saturated carbocycles. The van der Waals surface area contributed by atoms with E-state index >= 15 is 0 Å². The van der Waals surface area contributed by atoms with Crippen molar-refractivity contribution in [2.24, 2.45) is 33.6 Å². The van der Waals surface area contributed by atoms with Crippen molar-refractivity contribution in [2.45, 2.75) is 105 Å². The molecular weight excluding hydrogens is 679 g/mol. The first-order valence-electron chi connectivity index (χ1n) is 19.1. The van der Waals surface area contributed by atoms with Crippen LogP contribution in [-0.2, 0) is 20.7 Å². The summed E-state index contributed by atoms with van der Waals surface area (Å²) in [7, 11) is 0. The van der Waals surface area contributed by atoms with Gasteiger partial charge in [-0.2, -0.15) is 0 Å². The molecule has 2 aliphatic heterocycles. The van der Waals surface area contributed by atoms with Gasteiger partial charge in [0.1, 0.15) is 29.4 Å². The van der Waals surface area contributed by atoms with Gasteiger partial charge >= 0.3 is 11.9 Å². The Morgan fingerprint density at radius 3 is 2.11 bits per heavy atom. The van der Waals surface area contributed by atoms with Gasteiger partial charge < -0.3 is 24.7 Å². The number of carbonyl (C=O) groups is 2. The Morgan fingerprint density at radius 1 is 0.815 bits per heavy atom. The predicted molar refractivity (Wildman–Crippen MR) is 216 cm³/mol. The highest BCUT2D eigenvalue weighted by Gasteiger charge is 2.39. The molecule has 0 amide bonds. The summed E-state index contributed by atoms with van der Waals surface area (Å²) in [4.78, 5) is 38.8. The Bertz CT molecular complexity index is 1750. The SMILES string of the molecule is C/C=C/[C@H](O)C(C)(C)[C@@H]1C\C=C/C=C\C=C\[C@H](C)Cc2ncc([nH]2)C(=O)O[C@H](C(C)(C)[C@@H](O)/C=C/C)C/C=C\[C@H]2C[C@H]2/C=C/C=C\C2=NC(=CC2)C(=O)O1. The molecule has 1 aromatic heterocycles. The van der Waals surface area contributed by atoms with Crippen LogP contribution in [0, 0.1) is 28.6 Å². The first kappa shape index (κ1) is 42.1. The molecule has 7 atom stereocenters. The standard InChI is InChI=1S/C45H59N3O6/c1-8-18-37(49)44(4,5)39-24-14-12-10-11-13-20-31(3)28-41-46-30-36(48-41)43(52)54-40(45(6,7)38(50)19-9-2)25-17-22-33-29-32(33)21-15-16-23-34-26-27-35(47-34)42(51)53-39/h8-23,27,30-33,37-40,49-50H,24-26,28-29H2,1-7H3,(H,46,48)/b11-10-,14-12-,18-8+,19-9+,20-13+,21-15+,22-17-,23-16-/t31-,32+,33-,37-,38-,39-,40-/m0/s1. The highest BCUT2D eigenvalue weighted by atomic mass is 16.6. The second kappa shape index (κ2) is 19.6. The van der Waals surface area contributed by atoms with Crippen molar-refractivity contribution in [1.29, 1.82) is 0 Å². The number of aromatic amines is 1. The average molecular weight is 738 g/mol. The van der Waals surface area contributed by atoms with E-state index in [4.69, 9.17) is 9.47 Å². The van der Waals surface area contributed by atoms with Gasteiger partial charge in [-0.05, 0) is 50.2 Å². The zero-order valence-corrected chi connectivity index (χ0v) is 32.9. The predicted octanol–water partition coefficient (Wildman–Crippen LogP) is 8.45. The molecule has 54 heavy (non-hydrogen) atoms. The van der Waals surface area contributed by atoms with Crippen LogP contribution < -0.4 is 0 Å². The number of nitrogens with one attached hydrogen (secondary N) is 1. The number of fused-ring (bicyclic) bond motifs is 4. The fourth-order valence-corrected chi connectivity index (χ4v) is 6.35. The molecule has 1 aliphatic carbocycles. The first-order valence-corrected chi connectivity index (χ1v) is 19.1. The van der Waals surface area contributed by atoms with Crippen molar-refractivity contribution >= 4 is 17.7 Å². The van der Waals surface area contributed by atoms with Gasteiger partial charge in [-0.3, -0.25) is 0 Å². The van der Waals surface area contributed by atoms with Crippen LogP contribution in [0.1, 0.15) is 90.5 Å². The molecule has 1 aromatic rings. The number of imidazole rings is 1. The largest absolute Gasteiger partial charge is 0.457 e. The minimum Gasteiger partial charge on any atom is -0.457 e. The van der Waals surface area contributed by atoms with Gasteiger partial charge in [-0.15, -0.1) is 0 Å². The third kappa shape index (κ3) is 12.0. The van der Waals surface area contributed by atoms with Crippen molar-refractivity contribution in [1.82, 2.24) is 9.97 Å². The number of aromatic nitrogens is 2. The number of hydrogen-bond acceptors (Lipinski definition) is 8. The van der Waals surface area contributed by atoms with E-state index in [2.05, 4.69) is 46.2 Å². The quantitative estimate of drug-likeness (QED) is 0.197. The maximum atomic E-state index is 13.4. The van der Waals surface area contributed by atoms with E-state index in [-0.39, 0.29) is 17.3 Å². The van der Waals surface area contributed by atoms with E-state index in [1.54, 1.807) is 30.4 Å². The molecule has 0 spiro atoms. The lowest BCUT2D eigenvalue weighted by Gasteiger charge is -2.36. The smallest absolute Gasteiger partial charge is 0.356 e. The van der Waals surface area contributed by atoms with E-state index in [1.165, 1.54) is 6.20 Å². The molecule has 9 nitrogen and oxygen atoms in total. The minimum absolute atomic E-state index is 0.129. The van der Waals surface area contributed by atoms with Crippen molar-refractivity contribution in [3.8, 4) is 0 Å². The second-order valence-corrected chi connectivity index (χ2v) is 15.6. The third-order valence-corrected chi connectivity index (χ3v) is 10.4. The Kier molecular flexibility index (Phi) is 15.3. The monoisotopic (exact) mass is 737 g/mol. The maximum absolute atomic E-state index is 13.4. The number of hydrogen-bond donors (Lipinski definition) is 3. The van der Waals surface area contributed by atoms with Crippen LogP contribution in [0.3, 0.4) is 0 Å². The number of rotatable bonds is 6. The minimum atomic E-state index is -0.813. The number of aliphatic imine (C=N–C) groups is 1. The van der Waals surface area contributed by atoms with Crippen LogP contribution in [0.5, 0.6) is 0 Å². The molecule has 4 rings (SSSR count). The molecule has 3 N–H and O–H groups in total. The molecule has 290 valence electrons. The highest BCUT2D eigenvalue weighted by Crippen LogP contribution is 2.41. The van der Waals surface area contributed by atoms with E-state index in [0.717, 1.165) is 12.1 Å². The third-order valence-electron chi connectivity index (χ3n) is 10.4. The van der Waals surface area contributed by atoms with Crippen LogP contribution >= 0.6 is 0 Å². The van der Waals surface area contributed by atoms with Crippen LogP contribution in [-0.4, -0.2) is 62.2 Å². The number of H-pyrrole nitrogens is 1. The normalized spacial score (nSPS) is 29.8. The summed E-state index contributed by atoms with van der Waals surface area (Å²) >= 11 is 0. The molecule has 1 fully saturated rings. The molecule has 9 heteroatoms. The molecule has 4 bridgehead atoms. The number of carbonyl (C=O) groups excluding carboxylic acids is 2. The number of cyclic esters (lactones) is 2. The molecule has 0 unspecified atom stereocenters. The van der Waals surface area contributed by atoms with E-state index in [0.29, 0.717) is 43.3 Å². The second-order valence-electron chi connectivity index (χ2n) is 15.6. The van der Waals surface area contributed by atoms with Crippen molar-refractivity contribution < 1.29 is 29.3 Å². The summed E-state index contributed by atoms with van der Waals surface area (Å²) in [5.41, 5.74) is -0.189. The van der Waals surface area contributed by atoms with Crippen molar-refractivity contribution in [3.63, 3.8) is 0 Å². The van der Waals surface area contributed by atoms with Crippen molar-refractivity contribution in [2.75, 3.05) is 0 Å². The number of allylic oxidation sites excluding steroid dienone is 13. The van der Waals surface area contributed by atoms with E-state index < -0.39 is 47.2 Å². The Balaban J connectivity index is 1.55. The maximum Gasteiger partial charge on any atom is 0.356 e. The van der Waals surface area contributed by atoms with Gasteiger partial charge in [0.05, 0.1) is 18.4 Å². The van der Waals surface area contributed by atoms with Gasteiger partial charge in [0, 0.05) is 42.2 Å². The summed E-state index contributed by atoms with van der Waals surface area (Å²) in [6, 6.07) is 0. The highest BCUT2D eigenvalue weighted by molar-refractivity contribution is 6.04. The van der Waals surface area contributed by atoms with Gasteiger partial charge in [0.25, 0.3) is 0 Å². The van der Waals surface area contributed by atoms with Gasteiger partial charge in [0.2, 0.25) is 0 Å². The molecule has 3 aliphatic rings. The number of aliphatic hydroxyl groups excluding tert-OH is 2. The molecular formula is C45H59N3O6. The molecule has 0 aromatic carbocycles. The zero-order valence-electron chi connectivity index (χ0n) is 32.9. The van der Waals surface area contributed by atoms with Gasteiger partial charge in [-0.1, -0.05) is 126 Å². The summed E-state index contributed by atoms with van der Waals surface area (Å²) < 4.78 is 12.1. The molecule has 0 radical (unpaired) electrons. The average Bonchev–Trinajstić information content (AvgIpc) is 3.45. The van der Waals surface area contributed by atoms with Gasteiger partial charge in [-0.25, -0.2) is 19.6 Å². The summed E-state index contributed by atoms with van der Waals surface area (Å²) in [5.74, 6) is 0.564. The van der Waals surface area contributed by atoms with E-state index in [9.17, 15) is 19.8 Å². The lowest BCUT2D eigenvalue weighted by Crippen LogP contribution is -2.42. The lowest BCUT2D eigenvalue weighted by atomic mass is 9.79.